The summed E-state index contributed by atoms with van der Waals surface area (Å²) in [6.45, 7) is 2.05. The Bertz CT molecular complexity index is 624. The highest BCUT2D eigenvalue weighted by Crippen LogP contribution is 2.41. The molecule has 3 amide bonds. The molecule has 1 saturated heterocycles. The molecule has 2 aliphatic rings. The highest BCUT2D eigenvalue weighted by Gasteiger charge is 2.49. The maximum Gasteiger partial charge on any atom is 0.256 e. The van der Waals surface area contributed by atoms with Crippen LogP contribution >= 0.6 is 11.3 Å². The molecular weight excluding hydrogens is 280 g/mol. The van der Waals surface area contributed by atoms with Crippen molar-refractivity contribution in [2.24, 2.45) is 0 Å². The van der Waals surface area contributed by atoms with Gasteiger partial charge >= 0.3 is 0 Å². The lowest BCUT2D eigenvalue weighted by Gasteiger charge is -2.39. The minimum Gasteiger partial charge on any atom is -0.487 e. The molecule has 1 aromatic heterocycles. The molecule has 3 rings (SSSR count). The molecule has 0 aliphatic carbocycles. The lowest BCUT2D eigenvalue weighted by Crippen LogP contribution is -2.61. The van der Waals surface area contributed by atoms with Crippen molar-refractivity contribution in [1.82, 2.24) is 10.2 Å². The quantitative estimate of drug-likeness (QED) is 0.823. The first kappa shape index (κ1) is 13.1. The van der Waals surface area contributed by atoms with Crippen LogP contribution in [0.4, 0.5) is 0 Å². The lowest BCUT2D eigenvalue weighted by molar-refractivity contribution is -0.142. The van der Waals surface area contributed by atoms with E-state index in [1.165, 1.54) is 16.2 Å². The van der Waals surface area contributed by atoms with E-state index in [1.807, 2.05) is 0 Å². The molecular formula is C13H14N2O4S. The topological polar surface area (TPSA) is 75.7 Å². The molecule has 1 fully saturated rings. The van der Waals surface area contributed by atoms with Gasteiger partial charge < -0.3 is 9.64 Å². The van der Waals surface area contributed by atoms with E-state index in [2.05, 4.69) is 5.32 Å². The van der Waals surface area contributed by atoms with Crippen LogP contribution < -0.4 is 10.1 Å². The zero-order valence-electron chi connectivity index (χ0n) is 11.2. The Morgan fingerprint density at radius 2 is 2.15 bits per heavy atom. The number of piperidine rings is 1. The Labute approximate surface area is 119 Å². The summed E-state index contributed by atoms with van der Waals surface area (Å²) in [5, 5.41) is 4.77. The SMILES string of the molecule is COc1scc2c1CN(C1(C)CCC(=O)NC1=O)C2=O. The highest BCUT2D eigenvalue weighted by atomic mass is 32.1. The molecule has 0 saturated carbocycles. The molecule has 1 atom stereocenters. The van der Waals surface area contributed by atoms with Crippen molar-refractivity contribution < 1.29 is 19.1 Å². The van der Waals surface area contributed by atoms with Crippen LogP contribution in [-0.4, -0.2) is 35.3 Å². The van der Waals surface area contributed by atoms with Gasteiger partial charge in [0.05, 0.1) is 19.2 Å². The molecule has 0 spiro atoms. The van der Waals surface area contributed by atoms with Gasteiger partial charge in [0.2, 0.25) is 5.91 Å². The fraction of sp³-hybridized carbons (Fsp3) is 0.462. The fourth-order valence-electron chi connectivity index (χ4n) is 2.69. The van der Waals surface area contributed by atoms with Crippen LogP contribution in [-0.2, 0) is 16.1 Å². The molecule has 2 aliphatic heterocycles. The van der Waals surface area contributed by atoms with E-state index in [1.54, 1.807) is 19.4 Å². The average Bonchev–Trinajstić information content (AvgIpc) is 2.95. The number of fused-ring (bicyclic) bond motifs is 1. The summed E-state index contributed by atoms with van der Waals surface area (Å²) in [7, 11) is 1.56. The van der Waals surface area contributed by atoms with Crippen molar-refractivity contribution in [3.05, 3.63) is 16.5 Å². The number of hydrogen-bond acceptors (Lipinski definition) is 5. The van der Waals surface area contributed by atoms with Crippen molar-refractivity contribution in [2.45, 2.75) is 31.8 Å². The Kier molecular flexibility index (Phi) is 2.82. The third-order valence-corrected chi connectivity index (χ3v) is 4.99. The number of nitrogens with one attached hydrogen (secondary N) is 1. The Morgan fingerprint density at radius 1 is 1.40 bits per heavy atom. The van der Waals surface area contributed by atoms with E-state index in [9.17, 15) is 14.4 Å². The lowest BCUT2D eigenvalue weighted by atomic mass is 9.89. The zero-order valence-corrected chi connectivity index (χ0v) is 12.0. The summed E-state index contributed by atoms with van der Waals surface area (Å²) in [6.07, 6.45) is 0.593. The van der Waals surface area contributed by atoms with Crippen molar-refractivity contribution in [3.8, 4) is 5.06 Å². The van der Waals surface area contributed by atoms with Crippen LogP contribution in [0.15, 0.2) is 5.38 Å². The van der Waals surface area contributed by atoms with E-state index in [4.69, 9.17) is 4.74 Å². The third-order valence-electron chi connectivity index (χ3n) is 4.01. The summed E-state index contributed by atoms with van der Waals surface area (Å²) in [6, 6.07) is 0. The molecule has 106 valence electrons. The van der Waals surface area contributed by atoms with Crippen molar-refractivity contribution in [2.75, 3.05) is 7.11 Å². The summed E-state index contributed by atoms with van der Waals surface area (Å²) in [4.78, 5) is 37.4. The van der Waals surface area contributed by atoms with Crippen LogP contribution in [0, 0.1) is 0 Å². The molecule has 0 radical (unpaired) electrons. The number of carbonyl (C=O) groups is 3. The zero-order chi connectivity index (χ0) is 14.5. The van der Waals surface area contributed by atoms with Crippen LogP contribution in [0.3, 0.4) is 0 Å². The number of hydrogen-bond donors (Lipinski definition) is 1. The van der Waals surface area contributed by atoms with Crippen LogP contribution in [0.1, 0.15) is 35.7 Å². The van der Waals surface area contributed by atoms with E-state index in [0.29, 0.717) is 23.6 Å². The average molecular weight is 294 g/mol. The first-order valence-electron chi connectivity index (χ1n) is 6.28. The van der Waals surface area contributed by atoms with E-state index < -0.39 is 11.4 Å². The molecule has 1 N–H and O–H groups in total. The number of carbonyl (C=O) groups excluding carboxylic acids is 3. The second-order valence-corrected chi connectivity index (χ2v) is 6.00. The minimum absolute atomic E-state index is 0.174. The van der Waals surface area contributed by atoms with E-state index in [-0.39, 0.29) is 18.2 Å². The standard InChI is InChI=1S/C13H14N2O4S/c1-13(4-3-9(16)14-12(13)18)15-5-7-8(10(15)17)6-20-11(7)19-2/h6H,3-5H2,1-2H3,(H,14,16,18). The van der Waals surface area contributed by atoms with Gasteiger partial charge in [-0.05, 0) is 13.3 Å². The monoisotopic (exact) mass is 294 g/mol. The van der Waals surface area contributed by atoms with Gasteiger partial charge in [0.25, 0.3) is 11.8 Å². The van der Waals surface area contributed by atoms with Crippen LogP contribution in [0.5, 0.6) is 5.06 Å². The fourth-order valence-corrected chi connectivity index (χ4v) is 3.57. The third kappa shape index (κ3) is 1.66. The number of methoxy groups -OCH3 is 1. The predicted octanol–water partition coefficient (Wildman–Crippen LogP) is 0.908. The second-order valence-electron chi connectivity index (χ2n) is 5.16. The second kappa shape index (κ2) is 4.31. The highest BCUT2D eigenvalue weighted by molar-refractivity contribution is 7.12. The van der Waals surface area contributed by atoms with E-state index >= 15 is 0 Å². The number of rotatable bonds is 2. The Hall–Kier alpha value is -1.89. The minimum atomic E-state index is -0.979. The van der Waals surface area contributed by atoms with Crippen LogP contribution in [0.25, 0.3) is 0 Å². The first-order valence-corrected chi connectivity index (χ1v) is 7.16. The van der Waals surface area contributed by atoms with Crippen molar-refractivity contribution in [3.63, 3.8) is 0 Å². The summed E-state index contributed by atoms with van der Waals surface area (Å²) < 4.78 is 5.24. The van der Waals surface area contributed by atoms with Crippen LogP contribution in [0.2, 0.25) is 0 Å². The largest absolute Gasteiger partial charge is 0.487 e. The maximum atomic E-state index is 12.5. The summed E-state index contributed by atoms with van der Waals surface area (Å²) in [5.74, 6) is -0.868. The molecule has 1 aromatic rings. The maximum absolute atomic E-state index is 12.5. The molecule has 3 heterocycles. The predicted molar refractivity (Wildman–Crippen MR) is 71.5 cm³/mol. The summed E-state index contributed by atoms with van der Waals surface area (Å²) in [5.41, 5.74) is 0.443. The van der Waals surface area contributed by atoms with Crippen molar-refractivity contribution >= 4 is 29.1 Å². The van der Waals surface area contributed by atoms with E-state index in [0.717, 1.165) is 5.56 Å². The molecule has 0 bridgehead atoms. The molecule has 1 unspecified atom stereocenters. The van der Waals surface area contributed by atoms with Gasteiger partial charge in [-0.3, -0.25) is 19.7 Å². The summed E-state index contributed by atoms with van der Waals surface area (Å²) >= 11 is 1.38. The van der Waals surface area contributed by atoms with Gasteiger partial charge in [-0.2, -0.15) is 0 Å². The number of amides is 3. The first-order chi connectivity index (χ1) is 9.47. The normalized spacial score (nSPS) is 25.7. The van der Waals surface area contributed by atoms with Gasteiger partial charge in [-0.1, -0.05) is 0 Å². The van der Waals surface area contributed by atoms with Gasteiger partial charge in [0.15, 0.2) is 5.06 Å². The Balaban J connectivity index is 1.93. The van der Waals surface area contributed by atoms with Gasteiger partial charge in [-0.25, -0.2) is 0 Å². The molecule has 0 aromatic carbocycles. The van der Waals surface area contributed by atoms with Gasteiger partial charge in [0, 0.05) is 17.4 Å². The molecule has 20 heavy (non-hydrogen) atoms. The molecule has 6 nitrogen and oxygen atoms in total. The number of nitrogens with zero attached hydrogens (tertiary/aromatic N) is 1. The smallest absolute Gasteiger partial charge is 0.256 e. The van der Waals surface area contributed by atoms with Crippen molar-refractivity contribution in [1.29, 1.82) is 0 Å². The van der Waals surface area contributed by atoms with Gasteiger partial charge in [-0.15, -0.1) is 11.3 Å². The number of thiophene rings is 1. The number of ether oxygens (including phenoxy) is 1. The molecule has 7 heteroatoms. The van der Waals surface area contributed by atoms with Gasteiger partial charge in [0.1, 0.15) is 5.54 Å². The number of imide groups is 1. The Morgan fingerprint density at radius 3 is 2.80 bits per heavy atom.